The average molecular weight is 513 g/mol. The van der Waals surface area contributed by atoms with Crippen LogP contribution in [0, 0.1) is 6.92 Å². The van der Waals surface area contributed by atoms with Gasteiger partial charge in [0.15, 0.2) is 32.8 Å². The quantitative estimate of drug-likeness (QED) is 0.410. The zero-order valence-corrected chi connectivity index (χ0v) is 20.2. The van der Waals surface area contributed by atoms with Crippen LogP contribution in [0.5, 0.6) is 11.5 Å². The summed E-state index contributed by atoms with van der Waals surface area (Å²) in [5.41, 5.74) is 2.02. The molecule has 1 fully saturated rings. The Kier molecular flexibility index (Phi) is 5.02. The van der Waals surface area contributed by atoms with Gasteiger partial charge in [-0.2, -0.15) is 0 Å². The largest absolute Gasteiger partial charge is 0.493 e. The number of hydrogen-bond acceptors (Lipinski definition) is 5. The third-order valence-electron chi connectivity index (χ3n) is 5.96. The lowest BCUT2D eigenvalue weighted by Gasteiger charge is -2.55. The van der Waals surface area contributed by atoms with E-state index < -0.39 is 5.72 Å². The number of ether oxygens (including phenoxy) is 2. The number of amides is 1. The first-order valence-corrected chi connectivity index (χ1v) is 11.4. The van der Waals surface area contributed by atoms with Crippen molar-refractivity contribution in [1.29, 1.82) is 0 Å². The van der Waals surface area contributed by atoms with Crippen LogP contribution in [0.25, 0.3) is 0 Å². The summed E-state index contributed by atoms with van der Waals surface area (Å²) in [6, 6.07) is 16.7. The van der Waals surface area contributed by atoms with Crippen LogP contribution in [0.4, 0.5) is 5.69 Å². The number of anilines is 1. The van der Waals surface area contributed by atoms with Gasteiger partial charge in [-0.05, 0) is 72.3 Å². The van der Waals surface area contributed by atoms with Gasteiger partial charge in [0.05, 0.1) is 13.2 Å². The lowest BCUT2D eigenvalue weighted by molar-refractivity contribution is 0.0152. The molecule has 3 aromatic rings. The fourth-order valence-electron chi connectivity index (χ4n) is 4.46. The predicted octanol–water partition coefficient (Wildman–Crippen LogP) is 5.85. The van der Waals surface area contributed by atoms with Crippen LogP contribution in [0.15, 0.2) is 63.7 Å². The van der Waals surface area contributed by atoms with E-state index in [2.05, 4.69) is 15.9 Å². The number of rotatable bonds is 3. The molecule has 0 aliphatic carbocycles. The van der Waals surface area contributed by atoms with E-state index in [4.69, 9.17) is 26.1 Å². The summed E-state index contributed by atoms with van der Waals surface area (Å²) in [6.07, 6.45) is 0.523. The molecule has 2 aromatic carbocycles. The molecule has 8 heteroatoms. The molecule has 0 radical (unpaired) electrons. The molecule has 3 heterocycles. The third kappa shape index (κ3) is 3.20. The third-order valence-corrected chi connectivity index (χ3v) is 6.76. The molecule has 2 atom stereocenters. The van der Waals surface area contributed by atoms with Gasteiger partial charge in [-0.3, -0.25) is 14.6 Å². The van der Waals surface area contributed by atoms with Gasteiger partial charge in [0.2, 0.25) is 0 Å². The number of aryl methyl sites for hydroxylation is 1. The highest BCUT2D eigenvalue weighted by Crippen LogP contribution is 2.52. The summed E-state index contributed by atoms with van der Waals surface area (Å²) in [7, 11) is 1.61. The van der Waals surface area contributed by atoms with E-state index in [0.717, 1.165) is 16.8 Å². The molecule has 32 heavy (non-hydrogen) atoms. The number of thiocarbonyl (C=S) groups is 1. The van der Waals surface area contributed by atoms with Gasteiger partial charge in [0.1, 0.15) is 0 Å². The van der Waals surface area contributed by atoms with Gasteiger partial charge >= 0.3 is 0 Å². The van der Waals surface area contributed by atoms with Crippen molar-refractivity contribution < 1.29 is 18.7 Å². The smallest absolute Gasteiger partial charge is 0.296 e. The van der Waals surface area contributed by atoms with Gasteiger partial charge in [-0.25, -0.2) is 0 Å². The van der Waals surface area contributed by atoms with Crippen LogP contribution in [0.3, 0.4) is 0 Å². The second-order valence-corrected chi connectivity index (χ2v) is 9.25. The SMILES string of the molecule is COc1cccc2c1OC1(C)CC2N(C(=O)c2ccc(Br)o2)C(=S)N1c1ccc(C)cc1. The first kappa shape index (κ1) is 21.0. The van der Waals surface area contributed by atoms with E-state index in [9.17, 15) is 4.79 Å². The molecule has 0 saturated carbocycles. The standard InChI is InChI=1S/C24H21BrN2O4S/c1-14-7-9-15(10-8-14)27-23(32)26(22(28)19-11-12-20(25)30-19)17-13-24(27,2)31-21-16(17)5-4-6-18(21)29-3/h4-12,17H,13H2,1-3H3. The van der Waals surface area contributed by atoms with E-state index in [1.807, 2.05) is 61.2 Å². The number of nitrogens with zero attached hydrogens (tertiary/aromatic N) is 2. The minimum Gasteiger partial charge on any atom is -0.493 e. The van der Waals surface area contributed by atoms with Crippen LogP contribution in [-0.2, 0) is 0 Å². The van der Waals surface area contributed by atoms with Crippen LogP contribution in [-0.4, -0.2) is 28.8 Å². The molecule has 164 valence electrons. The fourth-order valence-corrected chi connectivity index (χ4v) is 5.28. The second-order valence-electron chi connectivity index (χ2n) is 8.11. The molecule has 6 nitrogen and oxygen atoms in total. The summed E-state index contributed by atoms with van der Waals surface area (Å²) in [6.45, 7) is 4.02. The van der Waals surface area contributed by atoms with E-state index in [1.54, 1.807) is 24.1 Å². The van der Waals surface area contributed by atoms with Gasteiger partial charge in [0.25, 0.3) is 5.91 Å². The normalized spacial score (nSPS) is 21.8. The van der Waals surface area contributed by atoms with E-state index in [0.29, 0.717) is 27.7 Å². The summed E-state index contributed by atoms with van der Waals surface area (Å²) < 4.78 is 18.2. The summed E-state index contributed by atoms with van der Waals surface area (Å²) in [5, 5.41) is 0.360. The second kappa shape index (κ2) is 7.64. The number of halogens is 1. The molecule has 1 amide bonds. The lowest BCUT2D eigenvalue weighted by atomic mass is 9.88. The van der Waals surface area contributed by atoms with Crippen molar-refractivity contribution in [2.45, 2.75) is 32.0 Å². The van der Waals surface area contributed by atoms with Crippen LogP contribution >= 0.6 is 28.1 Å². The Bertz CT molecular complexity index is 1220. The van der Waals surface area contributed by atoms with Crippen molar-refractivity contribution in [3.63, 3.8) is 0 Å². The van der Waals surface area contributed by atoms with Gasteiger partial charge in [-0.1, -0.05) is 29.8 Å². The highest BCUT2D eigenvalue weighted by molar-refractivity contribution is 9.10. The first-order valence-electron chi connectivity index (χ1n) is 10.2. The Hall–Kier alpha value is -2.84. The fraction of sp³-hybridized carbons (Fsp3) is 0.250. The van der Waals surface area contributed by atoms with Crippen molar-refractivity contribution in [2.24, 2.45) is 0 Å². The molecule has 2 unspecified atom stereocenters. The van der Waals surface area contributed by atoms with Crippen molar-refractivity contribution in [1.82, 2.24) is 4.90 Å². The molecule has 0 spiro atoms. The van der Waals surface area contributed by atoms with Crippen molar-refractivity contribution in [2.75, 3.05) is 12.0 Å². The molecule has 2 bridgehead atoms. The molecular formula is C24H21BrN2O4S. The Morgan fingerprint density at radius 1 is 1.19 bits per heavy atom. The summed E-state index contributed by atoms with van der Waals surface area (Å²) in [5.74, 6) is 1.14. The zero-order valence-electron chi connectivity index (χ0n) is 17.8. The van der Waals surface area contributed by atoms with Crippen molar-refractivity contribution in [3.8, 4) is 11.5 Å². The molecule has 0 N–H and O–H groups in total. The molecule has 2 aliphatic heterocycles. The predicted molar refractivity (Wildman–Crippen MR) is 128 cm³/mol. The van der Waals surface area contributed by atoms with E-state index >= 15 is 0 Å². The van der Waals surface area contributed by atoms with Gasteiger partial charge in [-0.15, -0.1) is 0 Å². The number of fused-ring (bicyclic) bond motifs is 4. The average Bonchev–Trinajstić information content (AvgIpc) is 3.20. The number of para-hydroxylation sites is 1. The van der Waals surface area contributed by atoms with Gasteiger partial charge in [0, 0.05) is 17.7 Å². The topological polar surface area (TPSA) is 55.2 Å². The number of carbonyl (C=O) groups excluding carboxylic acids is 1. The summed E-state index contributed by atoms with van der Waals surface area (Å²) in [4.78, 5) is 17.2. The number of furan rings is 1. The number of carbonyl (C=O) groups is 1. The minimum atomic E-state index is -0.806. The Morgan fingerprint density at radius 2 is 1.94 bits per heavy atom. The lowest BCUT2D eigenvalue weighted by Crippen LogP contribution is -2.67. The van der Waals surface area contributed by atoms with Crippen LogP contribution in [0.2, 0.25) is 0 Å². The van der Waals surface area contributed by atoms with Crippen LogP contribution in [0.1, 0.15) is 41.1 Å². The van der Waals surface area contributed by atoms with Gasteiger partial charge < -0.3 is 13.9 Å². The first-order chi connectivity index (χ1) is 15.3. The number of hydrogen-bond donors (Lipinski definition) is 0. The maximum Gasteiger partial charge on any atom is 0.296 e. The summed E-state index contributed by atoms with van der Waals surface area (Å²) >= 11 is 9.21. The van der Waals surface area contributed by atoms with Crippen molar-refractivity contribution in [3.05, 3.63) is 76.2 Å². The molecule has 1 aromatic heterocycles. The Balaban J connectivity index is 1.70. The number of methoxy groups -OCH3 is 1. The maximum atomic E-state index is 13.6. The molecular weight excluding hydrogens is 492 g/mol. The molecule has 1 saturated heterocycles. The molecule has 5 rings (SSSR count). The zero-order chi connectivity index (χ0) is 22.6. The Labute approximate surface area is 199 Å². The maximum absolute atomic E-state index is 13.6. The van der Waals surface area contributed by atoms with Crippen molar-refractivity contribution >= 4 is 44.9 Å². The molecule has 2 aliphatic rings. The van der Waals surface area contributed by atoms with E-state index in [-0.39, 0.29) is 17.7 Å². The Morgan fingerprint density at radius 3 is 2.59 bits per heavy atom. The number of benzene rings is 2. The van der Waals surface area contributed by atoms with E-state index in [1.165, 1.54) is 0 Å². The highest BCUT2D eigenvalue weighted by Gasteiger charge is 2.54. The minimum absolute atomic E-state index is 0.211. The van der Waals surface area contributed by atoms with Crippen LogP contribution < -0.4 is 14.4 Å². The highest BCUT2D eigenvalue weighted by atomic mass is 79.9. The monoisotopic (exact) mass is 512 g/mol.